The van der Waals surface area contributed by atoms with Gasteiger partial charge in [-0.2, -0.15) is 0 Å². The van der Waals surface area contributed by atoms with Crippen LogP contribution >= 0.6 is 0 Å². The topological polar surface area (TPSA) is 61.4 Å². The van der Waals surface area contributed by atoms with Crippen LogP contribution in [0.25, 0.3) is 6.08 Å². The van der Waals surface area contributed by atoms with Crippen molar-refractivity contribution in [3.63, 3.8) is 0 Å². The number of rotatable bonds is 4. The molecular weight excluding hydrogens is 314 g/mol. The summed E-state index contributed by atoms with van der Waals surface area (Å²) in [5, 5.41) is 5.95. The summed E-state index contributed by atoms with van der Waals surface area (Å²) in [6.07, 6.45) is 5.22. The van der Waals surface area contributed by atoms with Gasteiger partial charge in [-0.1, -0.05) is 30.3 Å². The number of piperidine rings is 1. The van der Waals surface area contributed by atoms with Gasteiger partial charge in [0.2, 0.25) is 5.91 Å². The number of amides is 3. The summed E-state index contributed by atoms with van der Waals surface area (Å²) in [7, 11) is 0. The molecule has 1 aromatic rings. The van der Waals surface area contributed by atoms with Gasteiger partial charge in [0.05, 0.1) is 0 Å². The number of nitrogens with zero attached hydrogens (tertiary/aromatic N) is 1. The molecule has 0 saturated carbocycles. The molecule has 0 spiro atoms. The minimum Gasteiger partial charge on any atom is -0.352 e. The van der Waals surface area contributed by atoms with Gasteiger partial charge in [-0.05, 0) is 51.2 Å². The third-order valence-corrected chi connectivity index (χ3v) is 4.18. The molecule has 3 amide bonds. The Bertz CT molecular complexity index is 597. The Kier molecular flexibility index (Phi) is 6.62. The first-order valence-corrected chi connectivity index (χ1v) is 8.91. The molecule has 2 N–H and O–H groups in total. The van der Waals surface area contributed by atoms with Crippen molar-refractivity contribution < 1.29 is 9.59 Å². The van der Waals surface area contributed by atoms with Crippen LogP contribution in [0.15, 0.2) is 36.4 Å². The van der Waals surface area contributed by atoms with E-state index in [1.807, 2.05) is 62.1 Å². The summed E-state index contributed by atoms with van der Waals surface area (Å²) in [6.45, 7) is 8.08. The SMILES string of the molecule is CC(C)(C)NC(=O)N1CCC(CNC(=O)C=Cc2ccccc2)CC1. The van der Waals surface area contributed by atoms with E-state index >= 15 is 0 Å². The minimum atomic E-state index is -0.215. The lowest BCUT2D eigenvalue weighted by Gasteiger charge is -2.34. The highest BCUT2D eigenvalue weighted by Crippen LogP contribution is 2.17. The molecule has 136 valence electrons. The Morgan fingerprint density at radius 3 is 2.40 bits per heavy atom. The lowest BCUT2D eigenvalue weighted by atomic mass is 9.97. The van der Waals surface area contributed by atoms with Crippen LogP contribution in [0.4, 0.5) is 4.79 Å². The fraction of sp³-hybridized carbons (Fsp3) is 0.500. The van der Waals surface area contributed by atoms with Crippen molar-refractivity contribution in [2.24, 2.45) is 5.92 Å². The molecule has 1 fully saturated rings. The largest absolute Gasteiger partial charge is 0.352 e. The van der Waals surface area contributed by atoms with Crippen molar-refractivity contribution >= 4 is 18.0 Å². The van der Waals surface area contributed by atoms with E-state index in [1.165, 1.54) is 0 Å². The van der Waals surface area contributed by atoms with Crippen molar-refractivity contribution in [2.75, 3.05) is 19.6 Å². The van der Waals surface area contributed by atoms with Crippen LogP contribution in [0.1, 0.15) is 39.2 Å². The van der Waals surface area contributed by atoms with Crippen molar-refractivity contribution in [2.45, 2.75) is 39.2 Å². The van der Waals surface area contributed by atoms with Gasteiger partial charge in [-0.3, -0.25) is 4.79 Å². The molecule has 1 heterocycles. The molecule has 5 heteroatoms. The van der Waals surface area contributed by atoms with Crippen LogP contribution in [-0.2, 0) is 4.79 Å². The first-order chi connectivity index (χ1) is 11.8. The lowest BCUT2D eigenvalue weighted by molar-refractivity contribution is -0.116. The standard InChI is InChI=1S/C20H29N3O2/c1-20(2,3)22-19(25)23-13-11-17(12-14-23)15-21-18(24)10-9-16-7-5-4-6-8-16/h4-10,17H,11-15H2,1-3H3,(H,21,24)(H,22,25). The van der Waals surface area contributed by atoms with E-state index in [0.29, 0.717) is 12.5 Å². The molecule has 0 aliphatic carbocycles. The predicted molar refractivity (Wildman–Crippen MR) is 101 cm³/mol. The van der Waals surface area contributed by atoms with Crippen LogP contribution in [0, 0.1) is 5.92 Å². The molecule has 0 atom stereocenters. The molecule has 0 unspecified atom stereocenters. The van der Waals surface area contributed by atoms with E-state index in [0.717, 1.165) is 31.5 Å². The van der Waals surface area contributed by atoms with Gasteiger partial charge < -0.3 is 15.5 Å². The molecule has 0 radical (unpaired) electrons. The first kappa shape index (κ1) is 19.0. The quantitative estimate of drug-likeness (QED) is 0.826. The van der Waals surface area contributed by atoms with Crippen LogP contribution < -0.4 is 10.6 Å². The molecule has 0 bridgehead atoms. The maximum Gasteiger partial charge on any atom is 0.317 e. The maximum absolute atomic E-state index is 12.1. The summed E-state index contributed by atoms with van der Waals surface area (Å²) >= 11 is 0. The number of likely N-dealkylation sites (tertiary alicyclic amines) is 1. The average Bonchev–Trinajstić information content (AvgIpc) is 2.58. The zero-order chi connectivity index (χ0) is 18.3. The molecule has 5 nitrogen and oxygen atoms in total. The van der Waals surface area contributed by atoms with Crippen molar-refractivity contribution in [3.05, 3.63) is 42.0 Å². The minimum absolute atomic E-state index is 0.000722. The number of nitrogens with one attached hydrogen (secondary N) is 2. The van der Waals surface area contributed by atoms with Gasteiger partial charge >= 0.3 is 6.03 Å². The summed E-state index contributed by atoms with van der Waals surface area (Å²) in [6, 6.07) is 9.76. The van der Waals surface area contributed by atoms with Gasteiger partial charge in [0.15, 0.2) is 0 Å². The zero-order valence-electron chi connectivity index (χ0n) is 15.4. The van der Waals surface area contributed by atoms with E-state index in [-0.39, 0.29) is 17.5 Å². The van der Waals surface area contributed by atoms with E-state index in [4.69, 9.17) is 0 Å². The molecular formula is C20H29N3O2. The van der Waals surface area contributed by atoms with Gasteiger partial charge in [-0.15, -0.1) is 0 Å². The highest BCUT2D eigenvalue weighted by Gasteiger charge is 2.25. The zero-order valence-corrected chi connectivity index (χ0v) is 15.4. The second-order valence-corrected chi connectivity index (χ2v) is 7.60. The molecule has 25 heavy (non-hydrogen) atoms. The predicted octanol–water partition coefficient (Wildman–Crippen LogP) is 3.04. The molecule has 0 aromatic heterocycles. The smallest absolute Gasteiger partial charge is 0.317 e. The summed E-state index contributed by atoms with van der Waals surface area (Å²) in [5.74, 6) is 0.351. The van der Waals surface area contributed by atoms with Crippen LogP contribution in [0.2, 0.25) is 0 Å². The van der Waals surface area contributed by atoms with Gasteiger partial charge in [0.1, 0.15) is 0 Å². The van der Waals surface area contributed by atoms with Crippen LogP contribution in [0.5, 0.6) is 0 Å². The number of benzene rings is 1. The van der Waals surface area contributed by atoms with Crippen molar-refractivity contribution in [1.29, 1.82) is 0 Å². The molecule has 2 rings (SSSR count). The summed E-state index contributed by atoms with van der Waals surface area (Å²) < 4.78 is 0. The normalized spacial score (nSPS) is 16.0. The molecule has 1 aliphatic rings. The van der Waals surface area contributed by atoms with Crippen molar-refractivity contribution in [3.8, 4) is 0 Å². The first-order valence-electron chi connectivity index (χ1n) is 8.91. The fourth-order valence-corrected chi connectivity index (χ4v) is 2.78. The molecule has 1 saturated heterocycles. The molecule has 1 aliphatic heterocycles. The highest BCUT2D eigenvalue weighted by atomic mass is 16.2. The number of hydrogen-bond donors (Lipinski definition) is 2. The lowest BCUT2D eigenvalue weighted by Crippen LogP contribution is -2.51. The van der Waals surface area contributed by atoms with Gasteiger partial charge in [-0.25, -0.2) is 4.79 Å². The van der Waals surface area contributed by atoms with Gasteiger partial charge in [0, 0.05) is 31.2 Å². The Morgan fingerprint density at radius 2 is 1.80 bits per heavy atom. The summed E-state index contributed by atoms with van der Waals surface area (Å²) in [5.41, 5.74) is 0.795. The number of carbonyl (C=O) groups is 2. The van der Waals surface area contributed by atoms with Crippen molar-refractivity contribution in [1.82, 2.24) is 15.5 Å². The third-order valence-electron chi connectivity index (χ3n) is 4.18. The fourth-order valence-electron chi connectivity index (χ4n) is 2.78. The second-order valence-electron chi connectivity index (χ2n) is 7.60. The Labute approximate surface area is 150 Å². The number of hydrogen-bond acceptors (Lipinski definition) is 2. The average molecular weight is 343 g/mol. The Hall–Kier alpha value is -2.30. The van der Waals surface area contributed by atoms with E-state index in [1.54, 1.807) is 6.08 Å². The summed E-state index contributed by atoms with van der Waals surface area (Å²) in [4.78, 5) is 25.9. The van der Waals surface area contributed by atoms with Crippen LogP contribution in [-0.4, -0.2) is 42.0 Å². The highest BCUT2D eigenvalue weighted by molar-refractivity contribution is 5.91. The Balaban J connectivity index is 1.69. The van der Waals surface area contributed by atoms with Gasteiger partial charge in [0.25, 0.3) is 0 Å². The third kappa shape index (κ3) is 6.99. The maximum atomic E-state index is 12.1. The van der Waals surface area contributed by atoms with Crippen LogP contribution in [0.3, 0.4) is 0 Å². The molecule has 1 aromatic carbocycles. The van der Waals surface area contributed by atoms with E-state index in [2.05, 4.69) is 10.6 Å². The Morgan fingerprint density at radius 1 is 1.16 bits per heavy atom. The number of urea groups is 1. The van der Waals surface area contributed by atoms with E-state index in [9.17, 15) is 9.59 Å². The second kappa shape index (κ2) is 8.70. The monoisotopic (exact) mass is 343 g/mol. The number of carbonyl (C=O) groups excluding carboxylic acids is 2. The van der Waals surface area contributed by atoms with E-state index < -0.39 is 0 Å².